The van der Waals surface area contributed by atoms with Gasteiger partial charge in [-0.1, -0.05) is 0 Å². The van der Waals surface area contributed by atoms with Crippen LogP contribution in [0.5, 0.6) is 0 Å². The highest BCUT2D eigenvalue weighted by Crippen LogP contribution is 2.39. The number of fused-ring (bicyclic) bond motifs is 1. The van der Waals surface area contributed by atoms with Crippen molar-refractivity contribution in [2.24, 2.45) is 5.92 Å². The number of nitrogens with zero attached hydrogens (tertiary/aromatic N) is 3. The van der Waals surface area contributed by atoms with Gasteiger partial charge in [0, 0.05) is 41.3 Å². The molecule has 1 amide bonds. The van der Waals surface area contributed by atoms with Gasteiger partial charge in [-0.05, 0) is 98.5 Å². The molecule has 168 valence electrons. The van der Waals surface area contributed by atoms with Crippen LogP contribution in [-0.2, 0) is 0 Å². The first-order valence-corrected chi connectivity index (χ1v) is 11.5. The minimum absolute atomic E-state index is 0.0441. The Balaban J connectivity index is 1.20. The minimum Gasteiger partial charge on any atom is -0.349 e. The average Bonchev–Trinajstić information content (AvgIpc) is 3.39. The first-order valence-electron chi connectivity index (χ1n) is 11.5. The predicted molar refractivity (Wildman–Crippen MR) is 127 cm³/mol. The van der Waals surface area contributed by atoms with Crippen LogP contribution >= 0.6 is 0 Å². The van der Waals surface area contributed by atoms with Crippen LogP contribution in [0.4, 0.5) is 4.39 Å². The lowest BCUT2D eigenvalue weighted by atomic mass is 9.75. The normalized spacial score (nSPS) is 19.3. The number of hydrogen-bond acceptors (Lipinski definition) is 3. The molecule has 0 bridgehead atoms. The van der Waals surface area contributed by atoms with Gasteiger partial charge in [-0.25, -0.2) is 9.37 Å². The lowest BCUT2D eigenvalue weighted by Gasteiger charge is -2.33. The van der Waals surface area contributed by atoms with E-state index in [0.717, 1.165) is 42.3 Å². The number of halogens is 1. The fraction of sp³-hybridized carbons (Fsp3) is 0.296. The van der Waals surface area contributed by atoms with E-state index in [1.165, 1.54) is 11.6 Å². The number of carbonyl (C=O) groups excluding carboxylic acids is 1. The molecule has 0 saturated heterocycles. The van der Waals surface area contributed by atoms with Gasteiger partial charge in [-0.15, -0.1) is 0 Å². The van der Waals surface area contributed by atoms with Crippen LogP contribution < -0.4 is 5.32 Å². The summed E-state index contributed by atoms with van der Waals surface area (Å²) in [5.41, 5.74) is 3.66. The summed E-state index contributed by atoms with van der Waals surface area (Å²) in [7, 11) is 0. The summed E-state index contributed by atoms with van der Waals surface area (Å²) < 4.78 is 15.7. The number of hydrogen-bond donors (Lipinski definition) is 1. The fourth-order valence-electron chi connectivity index (χ4n) is 5.03. The summed E-state index contributed by atoms with van der Waals surface area (Å²) in [5.74, 6) is 0.560. The second kappa shape index (κ2) is 9.14. The van der Waals surface area contributed by atoms with Gasteiger partial charge in [0.15, 0.2) is 0 Å². The van der Waals surface area contributed by atoms with Crippen molar-refractivity contribution in [1.82, 2.24) is 19.9 Å². The minimum atomic E-state index is -0.222. The number of rotatable bonds is 5. The van der Waals surface area contributed by atoms with E-state index >= 15 is 0 Å². The van der Waals surface area contributed by atoms with E-state index < -0.39 is 0 Å². The maximum atomic E-state index is 13.8. The molecule has 1 N–H and O–H groups in total. The van der Waals surface area contributed by atoms with Crippen LogP contribution in [0.15, 0.2) is 73.4 Å². The molecule has 5 nitrogen and oxygen atoms in total. The molecule has 2 heterocycles. The molecule has 1 aliphatic rings. The van der Waals surface area contributed by atoms with Crippen molar-refractivity contribution in [3.8, 4) is 5.69 Å². The number of benzene rings is 2. The van der Waals surface area contributed by atoms with Gasteiger partial charge in [0.25, 0.3) is 5.91 Å². The second-order valence-corrected chi connectivity index (χ2v) is 8.95. The van der Waals surface area contributed by atoms with Crippen LogP contribution in [0.25, 0.3) is 16.6 Å². The molecule has 1 atom stereocenters. The third kappa shape index (κ3) is 4.51. The standard InChI is InChI=1S/C27H27FN4O/c1-18(31-27(33)21-6-9-23(10-7-21)32-15-14-29-17-32)19-2-4-20(5-3-19)24-12-13-30-26-11-8-22(28)16-25(24)26/h6-20H,2-5H2,1H3,(H,31,33)/t18-,19?,20?/m1/s1. The molecule has 1 fully saturated rings. The second-order valence-electron chi connectivity index (χ2n) is 8.95. The van der Waals surface area contributed by atoms with E-state index in [9.17, 15) is 9.18 Å². The molecule has 5 rings (SSSR count). The lowest BCUT2D eigenvalue weighted by Crippen LogP contribution is -2.39. The van der Waals surface area contributed by atoms with Gasteiger partial charge in [-0.3, -0.25) is 9.78 Å². The Morgan fingerprint density at radius 1 is 1.06 bits per heavy atom. The Hall–Kier alpha value is -3.54. The Kier molecular flexibility index (Phi) is 5.90. The van der Waals surface area contributed by atoms with Crippen molar-refractivity contribution >= 4 is 16.8 Å². The van der Waals surface area contributed by atoms with Gasteiger partial charge in [0.05, 0.1) is 11.8 Å². The maximum Gasteiger partial charge on any atom is 0.251 e. The van der Waals surface area contributed by atoms with E-state index in [4.69, 9.17) is 0 Å². The summed E-state index contributed by atoms with van der Waals surface area (Å²) in [6.07, 6.45) is 11.3. The van der Waals surface area contributed by atoms with Gasteiger partial charge in [0.1, 0.15) is 5.82 Å². The fourth-order valence-corrected chi connectivity index (χ4v) is 5.03. The molecule has 0 aliphatic heterocycles. The quantitative estimate of drug-likeness (QED) is 0.434. The molecular formula is C27H27FN4O. The zero-order valence-corrected chi connectivity index (χ0v) is 18.6. The number of pyridine rings is 1. The molecule has 2 aromatic heterocycles. The van der Waals surface area contributed by atoms with Crippen molar-refractivity contribution in [3.05, 3.63) is 90.4 Å². The third-order valence-corrected chi connectivity index (χ3v) is 6.95. The zero-order valence-electron chi connectivity index (χ0n) is 18.6. The Bertz CT molecular complexity index is 1250. The highest BCUT2D eigenvalue weighted by atomic mass is 19.1. The monoisotopic (exact) mass is 442 g/mol. The number of nitrogens with one attached hydrogen (secondary N) is 1. The van der Waals surface area contributed by atoms with E-state index in [1.807, 2.05) is 47.3 Å². The molecule has 4 aromatic rings. The zero-order chi connectivity index (χ0) is 22.8. The number of carbonyl (C=O) groups is 1. The molecule has 0 spiro atoms. The summed E-state index contributed by atoms with van der Waals surface area (Å²) in [6.45, 7) is 2.10. The number of aromatic nitrogens is 3. The van der Waals surface area contributed by atoms with E-state index in [2.05, 4.69) is 22.2 Å². The summed E-state index contributed by atoms with van der Waals surface area (Å²) >= 11 is 0. The predicted octanol–water partition coefficient (Wildman–Crippen LogP) is 5.65. The lowest BCUT2D eigenvalue weighted by molar-refractivity contribution is 0.0918. The molecule has 6 heteroatoms. The highest BCUT2D eigenvalue weighted by Gasteiger charge is 2.28. The van der Waals surface area contributed by atoms with Gasteiger partial charge in [-0.2, -0.15) is 0 Å². The molecule has 0 unspecified atom stereocenters. The van der Waals surface area contributed by atoms with Crippen molar-refractivity contribution in [3.63, 3.8) is 0 Å². The number of imidazole rings is 1. The number of amides is 1. The Morgan fingerprint density at radius 3 is 2.58 bits per heavy atom. The van der Waals surface area contributed by atoms with Crippen molar-refractivity contribution in [2.75, 3.05) is 0 Å². The maximum absolute atomic E-state index is 13.8. The molecule has 33 heavy (non-hydrogen) atoms. The van der Waals surface area contributed by atoms with Crippen LogP contribution in [0, 0.1) is 11.7 Å². The molecular weight excluding hydrogens is 415 g/mol. The SMILES string of the molecule is C[C@@H](NC(=O)c1ccc(-n2ccnc2)cc1)C1CCC(c2ccnc3ccc(F)cc23)CC1. The Labute approximate surface area is 192 Å². The van der Waals surface area contributed by atoms with Crippen molar-refractivity contribution < 1.29 is 9.18 Å². The van der Waals surface area contributed by atoms with E-state index in [1.54, 1.807) is 24.7 Å². The first-order chi connectivity index (χ1) is 16.1. The van der Waals surface area contributed by atoms with Crippen molar-refractivity contribution in [1.29, 1.82) is 0 Å². The van der Waals surface area contributed by atoms with Crippen LogP contribution in [0.1, 0.15) is 54.4 Å². The van der Waals surface area contributed by atoms with Crippen LogP contribution in [0.3, 0.4) is 0 Å². The van der Waals surface area contributed by atoms with Gasteiger partial charge in [0.2, 0.25) is 0 Å². The van der Waals surface area contributed by atoms with Crippen LogP contribution in [0.2, 0.25) is 0 Å². The third-order valence-electron chi connectivity index (χ3n) is 6.95. The first kappa shape index (κ1) is 21.3. The molecule has 1 saturated carbocycles. The summed E-state index contributed by atoms with van der Waals surface area (Å²) in [6, 6.07) is 14.5. The van der Waals surface area contributed by atoms with E-state index in [-0.39, 0.29) is 17.8 Å². The average molecular weight is 443 g/mol. The molecule has 1 aliphatic carbocycles. The summed E-state index contributed by atoms with van der Waals surface area (Å²) in [4.78, 5) is 21.2. The molecule has 0 radical (unpaired) electrons. The largest absolute Gasteiger partial charge is 0.349 e. The van der Waals surface area contributed by atoms with E-state index in [0.29, 0.717) is 17.4 Å². The molecule has 2 aromatic carbocycles. The smallest absolute Gasteiger partial charge is 0.251 e. The Morgan fingerprint density at radius 2 is 1.85 bits per heavy atom. The van der Waals surface area contributed by atoms with Gasteiger partial charge >= 0.3 is 0 Å². The topological polar surface area (TPSA) is 59.8 Å². The summed E-state index contributed by atoms with van der Waals surface area (Å²) in [5, 5.41) is 4.11. The highest BCUT2D eigenvalue weighted by molar-refractivity contribution is 5.94. The van der Waals surface area contributed by atoms with Crippen LogP contribution in [-0.4, -0.2) is 26.5 Å². The van der Waals surface area contributed by atoms with Gasteiger partial charge < -0.3 is 9.88 Å². The van der Waals surface area contributed by atoms with Crippen molar-refractivity contribution in [2.45, 2.75) is 44.6 Å².